The smallest absolute Gasteiger partial charge is 0.174 e. The number of thiocarbonyl (C=S) groups is 1. The molecule has 1 N–H and O–H groups in total. The molecule has 0 aliphatic carbocycles. The molecule has 2 aromatic heterocycles. The van der Waals surface area contributed by atoms with Gasteiger partial charge >= 0.3 is 0 Å². The van der Waals surface area contributed by atoms with Crippen LogP contribution in [-0.4, -0.2) is 10.1 Å². The number of aromatic nitrogens is 1. The third kappa shape index (κ3) is 3.94. The first-order valence-electron chi connectivity index (χ1n) is 10.1. The lowest BCUT2D eigenvalue weighted by molar-refractivity contribution is 0.439. The number of benzene rings is 2. The maximum Gasteiger partial charge on any atom is 0.174 e. The highest BCUT2D eigenvalue weighted by Crippen LogP contribution is 2.43. The molecule has 2 atom stereocenters. The summed E-state index contributed by atoms with van der Waals surface area (Å²) in [5, 5.41) is 4.79. The summed E-state index contributed by atoms with van der Waals surface area (Å²) in [5.74, 6) is 1.55. The average Bonchev–Trinajstić information content (AvgIpc) is 3.41. The molecule has 0 amide bonds. The van der Waals surface area contributed by atoms with Crippen molar-refractivity contribution in [3.63, 3.8) is 0 Å². The van der Waals surface area contributed by atoms with Gasteiger partial charge in [0.25, 0.3) is 0 Å². The quantitative estimate of drug-likeness (QED) is 0.285. The summed E-state index contributed by atoms with van der Waals surface area (Å²) in [4.78, 5) is 6.67. The van der Waals surface area contributed by atoms with Gasteiger partial charge in [-0.05, 0) is 79.3 Å². The molecule has 4 nitrogen and oxygen atoms in total. The summed E-state index contributed by atoms with van der Waals surface area (Å²) < 4.78 is 7.40. The fraction of sp³-hybridized carbons (Fsp3) is 0.120. The number of hydrogen-bond acceptors (Lipinski definition) is 3. The molecule has 3 heterocycles. The molecule has 0 unspecified atom stereocenters. The SMILES string of the molecule is Cc1ccc(-c2ccc([C@H]3[C@@H](c4ccccn4)NC(=S)N3c3ccc(Br)cc3)o2)cc1Cl. The minimum absolute atomic E-state index is 0.159. The van der Waals surface area contributed by atoms with Crippen LogP contribution in [0.15, 0.2) is 87.9 Å². The molecule has 0 saturated carbocycles. The predicted molar refractivity (Wildman–Crippen MR) is 136 cm³/mol. The molecule has 1 saturated heterocycles. The van der Waals surface area contributed by atoms with Crippen LogP contribution in [0.25, 0.3) is 11.3 Å². The Morgan fingerprint density at radius 3 is 2.59 bits per heavy atom. The van der Waals surface area contributed by atoms with E-state index in [2.05, 4.69) is 31.1 Å². The second-order valence-electron chi connectivity index (χ2n) is 7.64. The first-order valence-corrected chi connectivity index (χ1v) is 11.7. The summed E-state index contributed by atoms with van der Waals surface area (Å²) in [6, 6.07) is 23.5. The summed E-state index contributed by atoms with van der Waals surface area (Å²) in [6.07, 6.45) is 1.79. The number of rotatable bonds is 4. The fourth-order valence-corrected chi connectivity index (χ4v) is 4.73. The number of nitrogens with zero attached hydrogens (tertiary/aromatic N) is 2. The van der Waals surface area contributed by atoms with Crippen LogP contribution in [-0.2, 0) is 0 Å². The fourth-order valence-electron chi connectivity index (χ4n) is 3.94. The maximum atomic E-state index is 6.39. The molecule has 5 rings (SSSR count). The summed E-state index contributed by atoms with van der Waals surface area (Å²) in [7, 11) is 0. The predicted octanol–water partition coefficient (Wildman–Crippen LogP) is 7.24. The summed E-state index contributed by atoms with van der Waals surface area (Å²) in [5.41, 5.74) is 3.84. The van der Waals surface area contributed by atoms with Gasteiger partial charge in [-0.15, -0.1) is 0 Å². The van der Waals surface area contributed by atoms with Crippen LogP contribution in [0.3, 0.4) is 0 Å². The third-order valence-electron chi connectivity index (χ3n) is 5.58. The summed E-state index contributed by atoms with van der Waals surface area (Å²) in [6.45, 7) is 1.98. The molecular formula is C25H19BrClN3OS. The standard InChI is InChI=1S/C25H19BrClN3OS/c1-15-5-6-16(14-19(15)27)21-11-12-22(31-21)24-23(20-4-2-3-13-28-20)29-25(32)30(24)18-9-7-17(26)8-10-18/h2-14,23-24H,1H3,(H,29,32)/t23-,24+/m1/s1. The molecule has 2 aromatic carbocycles. The Balaban J connectivity index is 1.59. The highest BCUT2D eigenvalue weighted by Gasteiger charge is 2.42. The van der Waals surface area contributed by atoms with Crippen molar-refractivity contribution in [2.24, 2.45) is 0 Å². The Hall–Kier alpha value is -2.67. The van der Waals surface area contributed by atoms with Gasteiger partial charge in [0.15, 0.2) is 5.11 Å². The van der Waals surface area contributed by atoms with E-state index < -0.39 is 0 Å². The third-order valence-corrected chi connectivity index (χ3v) is 6.83. The van der Waals surface area contributed by atoms with Crippen LogP contribution in [0.1, 0.15) is 29.1 Å². The van der Waals surface area contributed by atoms with Gasteiger partial charge < -0.3 is 14.6 Å². The van der Waals surface area contributed by atoms with Crippen molar-refractivity contribution < 1.29 is 4.42 Å². The van der Waals surface area contributed by atoms with Crippen molar-refractivity contribution >= 4 is 50.5 Å². The van der Waals surface area contributed by atoms with Crippen molar-refractivity contribution in [3.8, 4) is 11.3 Å². The Kier molecular flexibility index (Phi) is 5.76. The molecule has 160 valence electrons. The monoisotopic (exact) mass is 523 g/mol. The molecule has 32 heavy (non-hydrogen) atoms. The average molecular weight is 525 g/mol. The lowest BCUT2D eigenvalue weighted by Crippen LogP contribution is -2.29. The van der Waals surface area contributed by atoms with Crippen LogP contribution in [0.2, 0.25) is 5.02 Å². The highest BCUT2D eigenvalue weighted by atomic mass is 79.9. The lowest BCUT2D eigenvalue weighted by atomic mass is 10.0. The number of aryl methyl sites for hydroxylation is 1. The minimum atomic E-state index is -0.201. The molecular weight excluding hydrogens is 506 g/mol. The second-order valence-corrected chi connectivity index (χ2v) is 9.35. The Morgan fingerprint density at radius 2 is 1.88 bits per heavy atom. The zero-order chi connectivity index (χ0) is 22.2. The first kappa shape index (κ1) is 21.2. The van der Waals surface area contributed by atoms with E-state index in [0.29, 0.717) is 10.1 Å². The highest BCUT2D eigenvalue weighted by molar-refractivity contribution is 9.10. The van der Waals surface area contributed by atoms with Crippen molar-refractivity contribution in [1.82, 2.24) is 10.3 Å². The Morgan fingerprint density at radius 1 is 1.06 bits per heavy atom. The van der Waals surface area contributed by atoms with Crippen LogP contribution in [0.5, 0.6) is 0 Å². The maximum absolute atomic E-state index is 6.39. The van der Waals surface area contributed by atoms with Crippen molar-refractivity contribution in [3.05, 3.63) is 106 Å². The normalized spacial score (nSPS) is 18.1. The molecule has 0 bridgehead atoms. The van der Waals surface area contributed by atoms with E-state index >= 15 is 0 Å². The van der Waals surface area contributed by atoms with E-state index in [0.717, 1.165) is 38.5 Å². The molecule has 4 aromatic rings. The van der Waals surface area contributed by atoms with Gasteiger partial charge in [0.2, 0.25) is 0 Å². The van der Waals surface area contributed by atoms with Crippen molar-refractivity contribution in [2.75, 3.05) is 4.90 Å². The topological polar surface area (TPSA) is 41.3 Å². The van der Waals surface area contributed by atoms with E-state index in [4.69, 9.17) is 28.2 Å². The summed E-state index contributed by atoms with van der Waals surface area (Å²) >= 11 is 15.6. The zero-order valence-corrected chi connectivity index (χ0v) is 20.3. The van der Waals surface area contributed by atoms with E-state index in [1.54, 1.807) is 6.20 Å². The van der Waals surface area contributed by atoms with Crippen LogP contribution in [0.4, 0.5) is 5.69 Å². The van der Waals surface area contributed by atoms with Gasteiger partial charge in [0.05, 0.1) is 11.7 Å². The van der Waals surface area contributed by atoms with Gasteiger partial charge in [-0.2, -0.15) is 0 Å². The number of halogens is 2. The Labute approximate surface area is 205 Å². The molecule has 1 aliphatic rings. The van der Waals surface area contributed by atoms with Gasteiger partial charge in [0, 0.05) is 26.9 Å². The van der Waals surface area contributed by atoms with Crippen LogP contribution in [0, 0.1) is 6.92 Å². The number of nitrogens with one attached hydrogen (secondary N) is 1. The second kappa shape index (κ2) is 8.70. The molecule has 0 spiro atoms. The molecule has 0 radical (unpaired) electrons. The number of pyridine rings is 1. The minimum Gasteiger partial charge on any atom is -0.459 e. The first-order chi connectivity index (χ1) is 15.5. The zero-order valence-electron chi connectivity index (χ0n) is 17.1. The molecule has 1 aliphatic heterocycles. The van der Waals surface area contributed by atoms with Crippen LogP contribution < -0.4 is 10.2 Å². The number of anilines is 1. The van der Waals surface area contributed by atoms with E-state index in [9.17, 15) is 0 Å². The van der Waals surface area contributed by atoms with Gasteiger partial charge in [-0.3, -0.25) is 4.98 Å². The molecule has 1 fully saturated rings. The van der Waals surface area contributed by atoms with Gasteiger partial charge in [-0.25, -0.2) is 0 Å². The number of furan rings is 1. The van der Waals surface area contributed by atoms with Gasteiger partial charge in [-0.1, -0.05) is 45.7 Å². The van der Waals surface area contributed by atoms with E-state index in [1.807, 2.05) is 79.7 Å². The largest absolute Gasteiger partial charge is 0.459 e. The molecule has 7 heteroatoms. The van der Waals surface area contributed by atoms with Crippen molar-refractivity contribution in [2.45, 2.75) is 19.0 Å². The van der Waals surface area contributed by atoms with Crippen molar-refractivity contribution in [1.29, 1.82) is 0 Å². The number of hydrogen-bond donors (Lipinski definition) is 1. The van der Waals surface area contributed by atoms with E-state index in [1.165, 1.54) is 0 Å². The lowest BCUT2D eigenvalue weighted by Gasteiger charge is -2.26. The Bertz CT molecular complexity index is 1280. The van der Waals surface area contributed by atoms with E-state index in [-0.39, 0.29) is 12.1 Å². The van der Waals surface area contributed by atoms with Crippen LogP contribution >= 0.6 is 39.7 Å². The van der Waals surface area contributed by atoms with Gasteiger partial charge in [0.1, 0.15) is 17.6 Å².